The van der Waals surface area contributed by atoms with Crippen LogP contribution in [0.3, 0.4) is 0 Å². The summed E-state index contributed by atoms with van der Waals surface area (Å²) in [7, 11) is 0. The zero-order valence-electron chi connectivity index (χ0n) is 4.43. The maximum Gasteiger partial charge on any atom is 0.0584 e. The molecule has 2 aromatic rings. The highest BCUT2D eigenvalue weighted by atomic mass is 127. The molecule has 0 saturated carbocycles. The zero-order valence-corrected chi connectivity index (χ0v) is 8.22. The number of halogens is 1. The van der Waals surface area contributed by atoms with Crippen LogP contribution in [0, 0.1) is 3.57 Å². The van der Waals surface area contributed by atoms with E-state index in [1.54, 1.807) is 0 Å². The summed E-state index contributed by atoms with van der Waals surface area (Å²) in [4.78, 5) is 0. The Kier molecular flexibility index (Phi) is 1.51. The molecule has 0 unspecified atom stereocenters. The van der Waals surface area contributed by atoms with Crippen molar-refractivity contribution in [2.24, 2.45) is 0 Å². The molecule has 0 aliphatic rings. The van der Waals surface area contributed by atoms with Crippen molar-refractivity contribution in [3.05, 3.63) is 20.4 Å². The van der Waals surface area contributed by atoms with Gasteiger partial charge < -0.3 is 0 Å². The van der Waals surface area contributed by atoms with Gasteiger partial charge in [0.05, 0.1) is 4.70 Å². The number of rotatable bonds is 0. The first-order chi connectivity index (χ1) is 4.38. The fourth-order valence-electron chi connectivity index (χ4n) is 0.733. The van der Waals surface area contributed by atoms with Crippen molar-refractivity contribution in [3.63, 3.8) is 0 Å². The van der Waals surface area contributed by atoms with Gasteiger partial charge in [0.15, 0.2) is 0 Å². The molecule has 0 aliphatic heterocycles. The molecule has 2 aromatic heterocycles. The van der Waals surface area contributed by atoms with Crippen LogP contribution in [0.5, 0.6) is 0 Å². The van der Waals surface area contributed by atoms with E-state index in [2.05, 4.69) is 39.4 Å². The topological polar surface area (TPSA) is 0 Å². The molecule has 2 heterocycles. The molecule has 0 aromatic carbocycles. The molecule has 0 N–H and O–H groups in total. The third-order valence-corrected chi connectivity index (χ3v) is 4.80. The van der Waals surface area contributed by atoms with Crippen molar-refractivity contribution in [1.29, 1.82) is 0 Å². The molecule has 0 amide bonds. The first kappa shape index (κ1) is 6.12. The lowest BCUT2D eigenvalue weighted by Gasteiger charge is -1.73. The third-order valence-electron chi connectivity index (χ3n) is 1.14. The Labute approximate surface area is 74.7 Å². The Balaban J connectivity index is 2.99. The number of fused-ring (bicyclic) bond motifs is 1. The van der Waals surface area contributed by atoms with Gasteiger partial charge in [0.25, 0.3) is 0 Å². The SMILES string of the molecule is Ic1csc2ccsc12. The molecule has 0 bridgehead atoms. The van der Waals surface area contributed by atoms with E-state index >= 15 is 0 Å². The fraction of sp³-hybridized carbons (Fsp3) is 0. The highest BCUT2D eigenvalue weighted by Crippen LogP contribution is 2.31. The van der Waals surface area contributed by atoms with Crippen LogP contribution in [0.25, 0.3) is 9.40 Å². The highest BCUT2D eigenvalue weighted by Gasteiger charge is 1.99. The first-order valence-electron chi connectivity index (χ1n) is 2.48. The number of hydrogen-bond acceptors (Lipinski definition) is 2. The van der Waals surface area contributed by atoms with Crippen molar-refractivity contribution in [1.82, 2.24) is 0 Å². The first-order valence-corrected chi connectivity index (χ1v) is 5.32. The average Bonchev–Trinajstić information content (AvgIpc) is 2.35. The van der Waals surface area contributed by atoms with E-state index in [9.17, 15) is 0 Å². The predicted molar refractivity (Wildman–Crippen MR) is 52.4 cm³/mol. The summed E-state index contributed by atoms with van der Waals surface area (Å²) in [5, 5.41) is 4.34. The minimum absolute atomic E-state index is 1.39. The van der Waals surface area contributed by atoms with Gasteiger partial charge in [-0.15, -0.1) is 22.7 Å². The normalized spacial score (nSPS) is 10.8. The van der Waals surface area contributed by atoms with Crippen LogP contribution in [0.4, 0.5) is 0 Å². The quantitative estimate of drug-likeness (QED) is 0.639. The van der Waals surface area contributed by atoms with Gasteiger partial charge in [-0.1, -0.05) is 0 Å². The van der Waals surface area contributed by atoms with Crippen molar-refractivity contribution in [3.8, 4) is 0 Å². The summed E-state index contributed by atoms with van der Waals surface area (Å²) >= 11 is 6.02. The summed E-state index contributed by atoms with van der Waals surface area (Å²) in [5.74, 6) is 0. The molecule has 3 heteroatoms. The van der Waals surface area contributed by atoms with Gasteiger partial charge in [0.2, 0.25) is 0 Å². The van der Waals surface area contributed by atoms with Gasteiger partial charge in [0.1, 0.15) is 0 Å². The molecule has 0 aliphatic carbocycles. The van der Waals surface area contributed by atoms with E-state index in [4.69, 9.17) is 0 Å². The fourth-order valence-corrected chi connectivity index (χ4v) is 3.83. The molecule has 0 spiro atoms. The van der Waals surface area contributed by atoms with Crippen LogP contribution in [-0.2, 0) is 0 Å². The Hall–Kier alpha value is 0.390. The Bertz CT molecular complexity index is 320. The Morgan fingerprint density at radius 3 is 3.00 bits per heavy atom. The second-order valence-electron chi connectivity index (χ2n) is 1.70. The number of thiophene rings is 2. The van der Waals surface area contributed by atoms with E-state index in [0.717, 1.165) is 0 Å². The average molecular weight is 266 g/mol. The molecule has 0 fully saturated rings. The van der Waals surface area contributed by atoms with E-state index < -0.39 is 0 Å². The molecule has 9 heavy (non-hydrogen) atoms. The summed E-state index contributed by atoms with van der Waals surface area (Å²) in [6.07, 6.45) is 0. The van der Waals surface area contributed by atoms with Crippen molar-refractivity contribution in [2.75, 3.05) is 0 Å². The minimum atomic E-state index is 1.39. The molecular formula is C6H3IS2. The zero-order chi connectivity index (χ0) is 6.27. The van der Waals surface area contributed by atoms with E-state index in [1.807, 2.05) is 22.7 Å². The molecule has 0 nitrogen and oxygen atoms in total. The molecular weight excluding hydrogens is 263 g/mol. The number of hydrogen-bond donors (Lipinski definition) is 0. The van der Waals surface area contributed by atoms with E-state index in [1.165, 1.54) is 13.0 Å². The summed E-state index contributed by atoms with van der Waals surface area (Å²) in [5.41, 5.74) is 0. The van der Waals surface area contributed by atoms with Gasteiger partial charge in [-0.25, -0.2) is 0 Å². The smallest absolute Gasteiger partial charge is 0.0584 e. The summed E-state index contributed by atoms with van der Waals surface area (Å²) in [6.45, 7) is 0. The minimum Gasteiger partial charge on any atom is -0.142 e. The summed E-state index contributed by atoms with van der Waals surface area (Å²) < 4.78 is 4.26. The van der Waals surface area contributed by atoms with Gasteiger partial charge >= 0.3 is 0 Å². The van der Waals surface area contributed by atoms with Gasteiger partial charge in [-0.3, -0.25) is 0 Å². The lowest BCUT2D eigenvalue weighted by atomic mass is 10.5. The maximum atomic E-state index is 2.37. The van der Waals surface area contributed by atoms with Crippen molar-refractivity contribution >= 4 is 54.7 Å². The third kappa shape index (κ3) is 0.911. The van der Waals surface area contributed by atoms with Gasteiger partial charge in [-0.2, -0.15) is 0 Å². The largest absolute Gasteiger partial charge is 0.142 e. The van der Waals surface area contributed by atoms with Crippen molar-refractivity contribution < 1.29 is 0 Å². The highest BCUT2D eigenvalue weighted by molar-refractivity contribution is 14.1. The standard InChI is InChI=1S/C6H3IS2/c7-4-3-9-5-1-2-8-6(4)5/h1-3H. The van der Waals surface area contributed by atoms with E-state index in [0.29, 0.717) is 0 Å². The second-order valence-corrected chi connectivity index (χ2v) is 4.69. The van der Waals surface area contributed by atoms with Crippen LogP contribution in [0.2, 0.25) is 0 Å². The molecule has 0 radical (unpaired) electrons. The van der Waals surface area contributed by atoms with Crippen LogP contribution in [0.15, 0.2) is 16.8 Å². The maximum absolute atomic E-state index is 2.37. The van der Waals surface area contributed by atoms with E-state index in [-0.39, 0.29) is 0 Å². The van der Waals surface area contributed by atoms with Crippen LogP contribution in [0.1, 0.15) is 0 Å². The Morgan fingerprint density at radius 2 is 2.22 bits per heavy atom. The predicted octanol–water partition coefficient (Wildman–Crippen LogP) is 3.57. The second kappa shape index (κ2) is 2.21. The van der Waals surface area contributed by atoms with Crippen LogP contribution < -0.4 is 0 Å². The van der Waals surface area contributed by atoms with Gasteiger partial charge in [-0.05, 0) is 34.0 Å². The molecule has 0 saturated heterocycles. The monoisotopic (exact) mass is 266 g/mol. The molecule has 46 valence electrons. The van der Waals surface area contributed by atoms with Gasteiger partial charge in [0, 0.05) is 13.7 Å². The van der Waals surface area contributed by atoms with Crippen molar-refractivity contribution in [2.45, 2.75) is 0 Å². The summed E-state index contributed by atoms with van der Waals surface area (Å²) in [6, 6.07) is 2.17. The van der Waals surface area contributed by atoms with Crippen LogP contribution >= 0.6 is 45.3 Å². The van der Waals surface area contributed by atoms with Crippen LogP contribution in [-0.4, -0.2) is 0 Å². The Morgan fingerprint density at radius 1 is 1.33 bits per heavy atom. The molecule has 2 rings (SSSR count). The lowest BCUT2D eigenvalue weighted by Crippen LogP contribution is -1.50. The molecule has 0 atom stereocenters. The lowest BCUT2D eigenvalue weighted by molar-refractivity contribution is 2.08.